The van der Waals surface area contributed by atoms with Crippen molar-refractivity contribution < 1.29 is 9.90 Å². The van der Waals surface area contributed by atoms with E-state index in [0.717, 1.165) is 18.5 Å². The number of aliphatic carboxylic acids is 1. The van der Waals surface area contributed by atoms with E-state index >= 15 is 0 Å². The molecule has 0 amide bonds. The third-order valence-corrected chi connectivity index (χ3v) is 3.41. The monoisotopic (exact) mass is 249 g/mol. The maximum atomic E-state index is 11.1. The van der Waals surface area contributed by atoms with Gasteiger partial charge in [-0.15, -0.1) is 0 Å². The highest BCUT2D eigenvalue weighted by atomic mass is 16.4. The van der Waals surface area contributed by atoms with Gasteiger partial charge < -0.3 is 10.4 Å². The van der Waals surface area contributed by atoms with Crippen LogP contribution in [0.4, 0.5) is 0 Å². The summed E-state index contributed by atoms with van der Waals surface area (Å²) in [7, 11) is 0. The highest BCUT2D eigenvalue weighted by Gasteiger charge is 2.28. The van der Waals surface area contributed by atoms with Crippen LogP contribution in [-0.2, 0) is 10.3 Å². The van der Waals surface area contributed by atoms with E-state index in [1.165, 1.54) is 11.1 Å². The van der Waals surface area contributed by atoms with Crippen molar-refractivity contribution in [3.05, 3.63) is 34.9 Å². The van der Waals surface area contributed by atoms with Crippen molar-refractivity contribution in [2.75, 3.05) is 6.54 Å². The average molecular weight is 249 g/mol. The molecule has 2 N–H and O–H groups in total. The number of hydrogen-bond acceptors (Lipinski definition) is 2. The number of rotatable bonds is 6. The molecule has 3 nitrogen and oxygen atoms in total. The molecular weight excluding hydrogens is 226 g/mol. The van der Waals surface area contributed by atoms with Crippen LogP contribution >= 0.6 is 0 Å². The summed E-state index contributed by atoms with van der Waals surface area (Å²) in [4.78, 5) is 11.1. The van der Waals surface area contributed by atoms with Crippen LogP contribution in [0.15, 0.2) is 18.2 Å². The molecule has 0 spiro atoms. The third-order valence-electron chi connectivity index (χ3n) is 3.41. The first-order valence-corrected chi connectivity index (χ1v) is 6.43. The van der Waals surface area contributed by atoms with E-state index in [0.29, 0.717) is 0 Å². The molecule has 0 saturated heterocycles. The molecular formula is C15H23NO2. The van der Waals surface area contributed by atoms with Crippen LogP contribution in [0.2, 0.25) is 0 Å². The number of benzene rings is 1. The van der Waals surface area contributed by atoms with Gasteiger partial charge >= 0.3 is 5.97 Å². The second kappa shape index (κ2) is 6.01. The van der Waals surface area contributed by atoms with Gasteiger partial charge in [-0.05, 0) is 50.4 Å². The Morgan fingerprint density at radius 1 is 1.33 bits per heavy atom. The zero-order valence-electron chi connectivity index (χ0n) is 11.7. The fraction of sp³-hybridized carbons (Fsp3) is 0.533. The Labute approximate surface area is 109 Å². The lowest BCUT2D eigenvalue weighted by molar-refractivity contribution is -0.138. The summed E-state index contributed by atoms with van der Waals surface area (Å²) in [5, 5.41) is 12.5. The quantitative estimate of drug-likeness (QED) is 0.815. The predicted octanol–water partition coefficient (Wildman–Crippen LogP) is 2.99. The van der Waals surface area contributed by atoms with Crippen LogP contribution < -0.4 is 5.32 Å². The number of carboxylic acid groups (broad SMARTS) is 1. The molecule has 0 aromatic heterocycles. The minimum Gasteiger partial charge on any atom is -0.481 e. The largest absolute Gasteiger partial charge is 0.481 e. The minimum absolute atomic E-state index is 0.0928. The standard InChI is InChI=1S/C15H23NO2/c1-5-8-16-15(4,10-14(17)18)13-7-6-11(2)12(3)9-13/h6-7,9,16H,5,8,10H2,1-4H3,(H,17,18). The zero-order valence-corrected chi connectivity index (χ0v) is 11.7. The van der Waals surface area contributed by atoms with E-state index in [4.69, 9.17) is 5.11 Å². The maximum absolute atomic E-state index is 11.1. The first-order chi connectivity index (χ1) is 8.39. The lowest BCUT2D eigenvalue weighted by Crippen LogP contribution is -2.42. The van der Waals surface area contributed by atoms with E-state index in [1.807, 2.05) is 13.0 Å². The summed E-state index contributed by atoms with van der Waals surface area (Å²) in [6.45, 7) is 8.97. The Morgan fingerprint density at radius 2 is 2.00 bits per heavy atom. The molecule has 0 aliphatic heterocycles. The second-order valence-electron chi connectivity index (χ2n) is 5.13. The van der Waals surface area contributed by atoms with Crippen LogP contribution in [0.1, 0.15) is 43.4 Å². The van der Waals surface area contributed by atoms with Crippen molar-refractivity contribution >= 4 is 5.97 Å². The van der Waals surface area contributed by atoms with E-state index < -0.39 is 11.5 Å². The van der Waals surface area contributed by atoms with Gasteiger partial charge in [0.15, 0.2) is 0 Å². The summed E-state index contributed by atoms with van der Waals surface area (Å²) in [5.74, 6) is -0.778. The molecule has 1 atom stereocenters. The van der Waals surface area contributed by atoms with Crippen LogP contribution in [0.25, 0.3) is 0 Å². The fourth-order valence-corrected chi connectivity index (χ4v) is 2.05. The summed E-state index contributed by atoms with van der Waals surface area (Å²) in [6, 6.07) is 6.16. The Bertz CT molecular complexity index is 429. The molecule has 0 aliphatic carbocycles. The van der Waals surface area contributed by atoms with Gasteiger partial charge in [-0.2, -0.15) is 0 Å². The van der Waals surface area contributed by atoms with E-state index in [9.17, 15) is 4.79 Å². The molecule has 0 saturated carbocycles. The first-order valence-electron chi connectivity index (χ1n) is 6.43. The van der Waals surface area contributed by atoms with E-state index in [2.05, 4.69) is 38.2 Å². The number of aryl methyl sites for hydroxylation is 2. The molecule has 1 unspecified atom stereocenters. The summed E-state index contributed by atoms with van der Waals surface area (Å²) >= 11 is 0. The molecule has 0 radical (unpaired) electrons. The number of nitrogens with one attached hydrogen (secondary N) is 1. The van der Waals surface area contributed by atoms with E-state index in [-0.39, 0.29) is 6.42 Å². The van der Waals surface area contributed by atoms with Crippen molar-refractivity contribution in [1.82, 2.24) is 5.32 Å². The minimum atomic E-state index is -0.778. The number of carbonyl (C=O) groups is 1. The molecule has 0 bridgehead atoms. The van der Waals surface area contributed by atoms with Gasteiger partial charge in [-0.3, -0.25) is 4.79 Å². The smallest absolute Gasteiger partial charge is 0.305 e. The Morgan fingerprint density at radius 3 is 2.50 bits per heavy atom. The Hall–Kier alpha value is -1.35. The van der Waals surface area contributed by atoms with Gasteiger partial charge in [0, 0.05) is 0 Å². The molecule has 1 rings (SSSR count). The van der Waals surface area contributed by atoms with Crippen molar-refractivity contribution in [1.29, 1.82) is 0 Å². The number of carboxylic acids is 1. The van der Waals surface area contributed by atoms with Gasteiger partial charge in [-0.1, -0.05) is 25.1 Å². The van der Waals surface area contributed by atoms with Gasteiger partial charge in [0.05, 0.1) is 12.0 Å². The van der Waals surface area contributed by atoms with Crippen LogP contribution in [0, 0.1) is 13.8 Å². The fourth-order valence-electron chi connectivity index (χ4n) is 2.05. The predicted molar refractivity (Wildman–Crippen MR) is 73.8 cm³/mol. The lowest BCUT2D eigenvalue weighted by Gasteiger charge is -2.30. The molecule has 18 heavy (non-hydrogen) atoms. The van der Waals surface area contributed by atoms with E-state index in [1.54, 1.807) is 0 Å². The first kappa shape index (κ1) is 14.7. The van der Waals surface area contributed by atoms with Gasteiger partial charge in [-0.25, -0.2) is 0 Å². The third kappa shape index (κ3) is 3.57. The average Bonchev–Trinajstić information content (AvgIpc) is 2.29. The lowest BCUT2D eigenvalue weighted by atomic mass is 9.86. The Kier molecular flexibility index (Phi) is 4.91. The topological polar surface area (TPSA) is 49.3 Å². The second-order valence-corrected chi connectivity index (χ2v) is 5.13. The maximum Gasteiger partial charge on any atom is 0.305 e. The van der Waals surface area contributed by atoms with Crippen molar-refractivity contribution in [2.24, 2.45) is 0 Å². The van der Waals surface area contributed by atoms with Gasteiger partial charge in [0.1, 0.15) is 0 Å². The number of hydrogen-bond donors (Lipinski definition) is 2. The molecule has 1 aromatic rings. The van der Waals surface area contributed by atoms with Crippen LogP contribution in [0.3, 0.4) is 0 Å². The van der Waals surface area contributed by atoms with Crippen molar-refractivity contribution in [3.8, 4) is 0 Å². The molecule has 0 fully saturated rings. The van der Waals surface area contributed by atoms with Gasteiger partial charge in [0.2, 0.25) is 0 Å². The summed E-state index contributed by atoms with van der Waals surface area (Å²) < 4.78 is 0. The SMILES string of the molecule is CCCNC(C)(CC(=O)O)c1ccc(C)c(C)c1. The van der Waals surface area contributed by atoms with Crippen molar-refractivity contribution in [2.45, 2.75) is 46.1 Å². The highest BCUT2D eigenvalue weighted by molar-refractivity contribution is 5.69. The summed E-state index contributed by atoms with van der Waals surface area (Å²) in [6.07, 6.45) is 1.08. The Balaban J connectivity index is 3.07. The molecule has 0 heterocycles. The van der Waals surface area contributed by atoms with Crippen molar-refractivity contribution in [3.63, 3.8) is 0 Å². The molecule has 3 heteroatoms. The normalized spacial score (nSPS) is 14.2. The molecule has 100 valence electrons. The summed E-state index contributed by atoms with van der Waals surface area (Å²) in [5.41, 5.74) is 2.97. The van der Waals surface area contributed by atoms with Crippen LogP contribution in [0.5, 0.6) is 0 Å². The molecule has 0 aliphatic rings. The van der Waals surface area contributed by atoms with Gasteiger partial charge in [0.25, 0.3) is 0 Å². The van der Waals surface area contributed by atoms with Crippen LogP contribution in [-0.4, -0.2) is 17.6 Å². The highest BCUT2D eigenvalue weighted by Crippen LogP contribution is 2.26. The molecule has 1 aromatic carbocycles. The zero-order chi connectivity index (χ0) is 13.8.